The van der Waals surface area contributed by atoms with Crippen molar-refractivity contribution in [3.05, 3.63) is 59.5 Å². The zero-order valence-corrected chi connectivity index (χ0v) is 13.4. The van der Waals surface area contributed by atoms with Crippen LogP contribution >= 0.6 is 0 Å². The number of ether oxygens (including phenoxy) is 2. The number of benzene rings is 2. The highest BCUT2D eigenvalue weighted by atomic mass is 16.5. The van der Waals surface area contributed by atoms with Crippen LogP contribution in [0.3, 0.4) is 0 Å². The Morgan fingerprint density at radius 2 is 1.74 bits per heavy atom. The van der Waals surface area contributed by atoms with Crippen molar-refractivity contribution in [3.8, 4) is 23.0 Å². The van der Waals surface area contributed by atoms with E-state index in [2.05, 4.69) is 16.3 Å². The molecule has 0 unspecified atom stereocenters. The van der Waals surface area contributed by atoms with Crippen LogP contribution in [0.25, 0.3) is 11.5 Å². The van der Waals surface area contributed by atoms with E-state index in [1.165, 1.54) is 0 Å². The highest BCUT2D eigenvalue weighted by molar-refractivity contribution is 5.62. The van der Waals surface area contributed by atoms with E-state index in [0.29, 0.717) is 17.5 Å². The number of para-hydroxylation sites is 1. The summed E-state index contributed by atoms with van der Waals surface area (Å²) in [7, 11) is 1.61. The Morgan fingerprint density at radius 1 is 1.00 bits per heavy atom. The molecular formula is C18H18N2O3. The molecule has 0 bridgehead atoms. The van der Waals surface area contributed by atoms with Crippen LogP contribution in [-0.2, 0) is 6.61 Å². The van der Waals surface area contributed by atoms with E-state index in [1.54, 1.807) is 7.11 Å². The molecule has 23 heavy (non-hydrogen) atoms. The molecule has 0 fully saturated rings. The average molecular weight is 310 g/mol. The number of rotatable bonds is 5. The van der Waals surface area contributed by atoms with Crippen LogP contribution in [0.2, 0.25) is 0 Å². The van der Waals surface area contributed by atoms with Crippen molar-refractivity contribution in [3.63, 3.8) is 0 Å². The lowest BCUT2D eigenvalue weighted by molar-refractivity contribution is 0.264. The monoisotopic (exact) mass is 310 g/mol. The summed E-state index contributed by atoms with van der Waals surface area (Å²) in [4.78, 5) is 0. The van der Waals surface area contributed by atoms with Gasteiger partial charge < -0.3 is 13.9 Å². The minimum Gasteiger partial charge on any atom is -0.496 e. The minimum absolute atomic E-state index is 0.227. The number of hydrogen-bond acceptors (Lipinski definition) is 5. The molecule has 1 aromatic heterocycles. The molecular weight excluding hydrogens is 292 g/mol. The summed E-state index contributed by atoms with van der Waals surface area (Å²) in [6, 6.07) is 13.6. The Bertz CT molecular complexity index is 791. The third kappa shape index (κ3) is 3.51. The van der Waals surface area contributed by atoms with Gasteiger partial charge in [-0.15, -0.1) is 10.2 Å². The molecule has 2 aromatic carbocycles. The van der Waals surface area contributed by atoms with Gasteiger partial charge in [0.2, 0.25) is 0 Å². The predicted octanol–water partition coefficient (Wildman–Crippen LogP) is 3.94. The minimum atomic E-state index is 0.227. The summed E-state index contributed by atoms with van der Waals surface area (Å²) >= 11 is 0. The van der Waals surface area contributed by atoms with E-state index >= 15 is 0 Å². The first-order valence-electron chi connectivity index (χ1n) is 7.32. The first-order chi connectivity index (χ1) is 11.2. The molecule has 3 rings (SSSR count). The molecule has 0 spiro atoms. The lowest BCUT2D eigenvalue weighted by Crippen LogP contribution is -1.96. The van der Waals surface area contributed by atoms with Crippen molar-refractivity contribution < 1.29 is 13.9 Å². The van der Waals surface area contributed by atoms with Crippen molar-refractivity contribution in [2.75, 3.05) is 7.11 Å². The fraction of sp³-hybridized carbons (Fsp3) is 0.222. The van der Waals surface area contributed by atoms with Crippen LogP contribution < -0.4 is 9.47 Å². The second-order valence-corrected chi connectivity index (χ2v) is 5.31. The number of hydrogen-bond donors (Lipinski definition) is 0. The van der Waals surface area contributed by atoms with E-state index in [-0.39, 0.29) is 6.61 Å². The zero-order valence-electron chi connectivity index (χ0n) is 13.4. The molecule has 5 heteroatoms. The third-order valence-electron chi connectivity index (χ3n) is 3.36. The first kappa shape index (κ1) is 15.1. The quantitative estimate of drug-likeness (QED) is 0.714. The Kier molecular flexibility index (Phi) is 4.28. The number of aromatic nitrogens is 2. The van der Waals surface area contributed by atoms with Gasteiger partial charge in [0.05, 0.1) is 12.7 Å². The maximum absolute atomic E-state index is 5.73. The summed E-state index contributed by atoms with van der Waals surface area (Å²) in [5.41, 5.74) is 3.07. The second-order valence-electron chi connectivity index (χ2n) is 5.31. The van der Waals surface area contributed by atoms with Gasteiger partial charge in [-0.1, -0.05) is 18.2 Å². The van der Waals surface area contributed by atoms with E-state index in [1.807, 2.05) is 50.2 Å². The Morgan fingerprint density at radius 3 is 2.48 bits per heavy atom. The largest absolute Gasteiger partial charge is 0.496 e. The molecule has 0 radical (unpaired) electrons. The molecule has 0 saturated heterocycles. The number of methoxy groups -OCH3 is 1. The van der Waals surface area contributed by atoms with Crippen LogP contribution in [0.5, 0.6) is 11.5 Å². The Balaban J connectivity index is 1.75. The van der Waals surface area contributed by atoms with Gasteiger partial charge >= 0.3 is 0 Å². The molecule has 3 aromatic rings. The molecule has 0 saturated carbocycles. The standard InChI is InChI=1S/C18H18N2O3/c1-12-8-13(2)10-14(9-12)22-11-17-19-20-18(23-17)15-6-4-5-7-16(15)21-3/h4-10H,11H2,1-3H3. The van der Waals surface area contributed by atoms with E-state index < -0.39 is 0 Å². The molecule has 1 heterocycles. The number of nitrogens with zero attached hydrogens (tertiary/aromatic N) is 2. The van der Waals surface area contributed by atoms with Gasteiger partial charge in [-0.25, -0.2) is 0 Å². The summed E-state index contributed by atoms with van der Waals surface area (Å²) in [5.74, 6) is 2.32. The van der Waals surface area contributed by atoms with Gasteiger partial charge in [0.15, 0.2) is 6.61 Å². The van der Waals surface area contributed by atoms with Crippen LogP contribution in [0.4, 0.5) is 0 Å². The van der Waals surface area contributed by atoms with Gasteiger partial charge in [-0.3, -0.25) is 0 Å². The Labute approximate surface area is 134 Å². The zero-order chi connectivity index (χ0) is 16.2. The summed E-state index contributed by atoms with van der Waals surface area (Å²) < 4.78 is 16.7. The van der Waals surface area contributed by atoms with Crippen molar-refractivity contribution in [2.24, 2.45) is 0 Å². The fourth-order valence-electron chi connectivity index (χ4n) is 2.40. The SMILES string of the molecule is COc1ccccc1-c1nnc(COc2cc(C)cc(C)c2)o1. The second kappa shape index (κ2) is 6.52. The van der Waals surface area contributed by atoms with Crippen molar-refractivity contribution in [2.45, 2.75) is 20.5 Å². The smallest absolute Gasteiger partial charge is 0.254 e. The van der Waals surface area contributed by atoms with Crippen molar-refractivity contribution in [1.82, 2.24) is 10.2 Å². The molecule has 0 aliphatic carbocycles. The van der Waals surface area contributed by atoms with Crippen LogP contribution in [0, 0.1) is 13.8 Å². The van der Waals surface area contributed by atoms with E-state index in [0.717, 1.165) is 22.4 Å². The number of aryl methyl sites for hydroxylation is 2. The first-order valence-corrected chi connectivity index (χ1v) is 7.32. The van der Waals surface area contributed by atoms with E-state index in [4.69, 9.17) is 13.9 Å². The average Bonchev–Trinajstić information content (AvgIpc) is 3.01. The summed E-state index contributed by atoms with van der Waals surface area (Å²) in [6.07, 6.45) is 0. The third-order valence-corrected chi connectivity index (χ3v) is 3.36. The van der Waals surface area contributed by atoms with Crippen LogP contribution in [-0.4, -0.2) is 17.3 Å². The maximum Gasteiger partial charge on any atom is 0.254 e. The molecule has 0 atom stereocenters. The van der Waals surface area contributed by atoms with Gasteiger partial charge in [-0.2, -0.15) is 0 Å². The Hall–Kier alpha value is -2.82. The van der Waals surface area contributed by atoms with Gasteiger partial charge in [0.25, 0.3) is 11.8 Å². The molecule has 0 N–H and O–H groups in total. The van der Waals surface area contributed by atoms with Crippen molar-refractivity contribution >= 4 is 0 Å². The summed E-state index contributed by atoms with van der Waals surface area (Å²) in [5, 5.41) is 8.10. The highest BCUT2D eigenvalue weighted by Gasteiger charge is 2.13. The normalized spacial score (nSPS) is 10.6. The maximum atomic E-state index is 5.73. The topological polar surface area (TPSA) is 57.4 Å². The van der Waals surface area contributed by atoms with E-state index in [9.17, 15) is 0 Å². The molecule has 118 valence electrons. The highest BCUT2D eigenvalue weighted by Crippen LogP contribution is 2.28. The van der Waals surface area contributed by atoms with Crippen LogP contribution in [0.15, 0.2) is 46.9 Å². The summed E-state index contributed by atoms with van der Waals surface area (Å²) in [6.45, 7) is 4.30. The fourth-order valence-corrected chi connectivity index (χ4v) is 2.40. The van der Waals surface area contributed by atoms with Gasteiger partial charge in [0.1, 0.15) is 11.5 Å². The van der Waals surface area contributed by atoms with Gasteiger partial charge in [0, 0.05) is 0 Å². The lowest BCUT2D eigenvalue weighted by Gasteiger charge is -2.06. The molecule has 0 aliphatic rings. The molecule has 0 amide bonds. The van der Waals surface area contributed by atoms with Crippen molar-refractivity contribution in [1.29, 1.82) is 0 Å². The molecule has 0 aliphatic heterocycles. The lowest BCUT2D eigenvalue weighted by atomic mass is 10.1. The molecule has 5 nitrogen and oxygen atoms in total. The predicted molar refractivity (Wildman–Crippen MR) is 86.5 cm³/mol. The van der Waals surface area contributed by atoms with Gasteiger partial charge in [-0.05, 0) is 49.2 Å². The van der Waals surface area contributed by atoms with Crippen LogP contribution in [0.1, 0.15) is 17.0 Å².